The van der Waals surface area contributed by atoms with E-state index in [1.54, 1.807) is 10.9 Å². The molecule has 0 aliphatic carbocycles. The van der Waals surface area contributed by atoms with E-state index in [2.05, 4.69) is 10.3 Å². The van der Waals surface area contributed by atoms with Crippen LogP contribution in [0.3, 0.4) is 0 Å². The summed E-state index contributed by atoms with van der Waals surface area (Å²) in [5.74, 6) is -0.862. The molecule has 0 bridgehead atoms. The van der Waals surface area contributed by atoms with E-state index >= 15 is 0 Å². The maximum atomic E-state index is 12.2. The molecule has 0 radical (unpaired) electrons. The zero-order valence-corrected chi connectivity index (χ0v) is 25.8. The van der Waals surface area contributed by atoms with Gasteiger partial charge in [-0.05, 0) is 40.8 Å². The fourth-order valence-electron chi connectivity index (χ4n) is 5.05. The summed E-state index contributed by atoms with van der Waals surface area (Å²) in [6.45, 7) is 3.53. The Labute approximate surface area is 265 Å². The molecule has 1 aliphatic heterocycles. The van der Waals surface area contributed by atoms with Gasteiger partial charge in [0.1, 0.15) is 5.15 Å². The largest absolute Gasteiger partial charge is 0.453 e. The van der Waals surface area contributed by atoms with Crippen molar-refractivity contribution in [3.05, 3.63) is 112 Å². The lowest BCUT2D eigenvalue weighted by atomic mass is 9.99. The van der Waals surface area contributed by atoms with E-state index < -0.39 is 18.4 Å². The molecular formula is C33H33Cl2N3O6. The van der Waals surface area contributed by atoms with Crippen LogP contribution in [0.4, 0.5) is 0 Å². The standard InChI is InChI=1S/C33H33Cl2N3O6/c1-20(42-21(2)40)32(41)36-16-23-4-3-5-27(14-23)24-10-12-26(13-11-24)33-43-28(17-38-19-37-30(34)31(38)35)15-29(44-33)25-8-6-22(18-39)7-9-25/h3-14,19-20,28-29,33,39H,15-18H2,1-2H3,(H,36,41)/t20-,28-,29+,33+/m0/s1. The second-order valence-corrected chi connectivity index (χ2v) is 11.3. The number of rotatable bonds is 10. The first-order chi connectivity index (χ1) is 21.2. The van der Waals surface area contributed by atoms with Gasteiger partial charge in [0.05, 0.1) is 31.7 Å². The lowest BCUT2D eigenvalue weighted by molar-refractivity contribution is -0.252. The highest BCUT2D eigenvalue weighted by atomic mass is 35.5. The average Bonchev–Trinajstić information content (AvgIpc) is 3.35. The second kappa shape index (κ2) is 14.4. The van der Waals surface area contributed by atoms with E-state index in [-0.39, 0.29) is 29.9 Å². The van der Waals surface area contributed by atoms with Crippen molar-refractivity contribution in [2.75, 3.05) is 0 Å². The molecule has 3 aromatic carbocycles. The fraction of sp³-hybridized carbons (Fsp3) is 0.303. The number of amides is 1. The summed E-state index contributed by atoms with van der Waals surface area (Å²) < 4.78 is 19.6. The molecule has 4 atom stereocenters. The highest BCUT2D eigenvalue weighted by Gasteiger charge is 2.33. The van der Waals surface area contributed by atoms with Crippen LogP contribution in [0.15, 0.2) is 79.1 Å². The van der Waals surface area contributed by atoms with Gasteiger partial charge in [-0.3, -0.25) is 9.59 Å². The molecular weight excluding hydrogens is 605 g/mol. The molecule has 1 amide bonds. The fourth-order valence-corrected chi connectivity index (χ4v) is 5.37. The molecule has 2 N–H and O–H groups in total. The number of hydrogen-bond acceptors (Lipinski definition) is 7. The topological polar surface area (TPSA) is 112 Å². The van der Waals surface area contributed by atoms with E-state index in [1.807, 2.05) is 72.8 Å². The SMILES string of the molecule is CC(=O)O[C@@H](C)C(=O)NCc1cccc(-c2ccc([C@@H]3O[C@H](Cn4cnc(Cl)c4Cl)C[C@H](c4ccc(CO)cc4)O3)cc2)c1. The maximum absolute atomic E-state index is 12.2. The lowest BCUT2D eigenvalue weighted by Crippen LogP contribution is -2.35. The zero-order chi connectivity index (χ0) is 31.2. The number of carbonyl (C=O) groups is 2. The molecule has 5 rings (SSSR count). The average molecular weight is 639 g/mol. The van der Waals surface area contributed by atoms with Crippen molar-refractivity contribution in [3.8, 4) is 11.1 Å². The monoisotopic (exact) mass is 637 g/mol. The molecule has 4 aromatic rings. The van der Waals surface area contributed by atoms with Crippen LogP contribution in [0.25, 0.3) is 11.1 Å². The van der Waals surface area contributed by atoms with Gasteiger partial charge in [-0.1, -0.05) is 89.9 Å². The van der Waals surface area contributed by atoms with E-state index in [4.69, 9.17) is 37.4 Å². The molecule has 1 aromatic heterocycles. The Bertz CT molecular complexity index is 1590. The van der Waals surface area contributed by atoms with Crippen molar-refractivity contribution in [3.63, 3.8) is 0 Å². The molecule has 1 aliphatic rings. The van der Waals surface area contributed by atoms with E-state index in [9.17, 15) is 14.7 Å². The van der Waals surface area contributed by atoms with Crippen LogP contribution in [-0.2, 0) is 43.5 Å². The number of esters is 1. The van der Waals surface area contributed by atoms with Crippen molar-refractivity contribution in [1.29, 1.82) is 0 Å². The maximum Gasteiger partial charge on any atom is 0.303 e. The molecule has 2 heterocycles. The van der Waals surface area contributed by atoms with Crippen molar-refractivity contribution >= 4 is 35.1 Å². The molecule has 1 fully saturated rings. The number of aromatic nitrogens is 2. The molecule has 0 spiro atoms. The third-order valence-corrected chi connectivity index (χ3v) is 8.14. The molecule has 9 nitrogen and oxygen atoms in total. The van der Waals surface area contributed by atoms with Gasteiger partial charge in [0, 0.05) is 25.5 Å². The number of aliphatic hydroxyl groups excluding tert-OH is 1. The molecule has 1 saturated heterocycles. The zero-order valence-electron chi connectivity index (χ0n) is 24.3. The normalized spacial score (nSPS) is 18.9. The number of nitrogens with zero attached hydrogens (tertiary/aromatic N) is 2. The van der Waals surface area contributed by atoms with Gasteiger partial charge >= 0.3 is 5.97 Å². The van der Waals surface area contributed by atoms with Crippen molar-refractivity contribution < 1.29 is 28.9 Å². The molecule has 44 heavy (non-hydrogen) atoms. The van der Waals surface area contributed by atoms with Crippen LogP contribution in [0.2, 0.25) is 10.3 Å². The Morgan fingerprint density at radius 2 is 1.75 bits per heavy atom. The number of ether oxygens (including phenoxy) is 3. The highest BCUT2D eigenvalue weighted by Crippen LogP contribution is 2.39. The van der Waals surface area contributed by atoms with Crippen LogP contribution in [0.5, 0.6) is 0 Å². The Kier molecular flexibility index (Phi) is 10.3. The predicted molar refractivity (Wildman–Crippen MR) is 166 cm³/mol. The van der Waals surface area contributed by atoms with Gasteiger partial charge in [-0.15, -0.1) is 0 Å². The first kappa shape index (κ1) is 31.7. The summed E-state index contributed by atoms with van der Waals surface area (Å²) >= 11 is 12.4. The number of nitrogens with one attached hydrogen (secondary N) is 1. The third-order valence-electron chi connectivity index (χ3n) is 7.37. The van der Waals surface area contributed by atoms with E-state index in [0.29, 0.717) is 24.7 Å². The van der Waals surface area contributed by atoms with Gasteiger partial charge in [0.2, 0.25) is 0 Å². The predicted octanol–water partition coefficient (Wildman–Crippen LogP) is 6.16. The summed E-state index contributed by atoms with van der Waals surface area (Å²) in [5.41, 5.74) is 5.54. The number of hydrogen-bond donors (Lipinski definition) is 2. The van der Waals surface area contributed by atoms with Gasteiger partial charge in [0.25, 0.3) is 5.91 Å². The summed E-state index contributed by atoms with van der Waals surface area (Å²) in [6, 6.07) is 23.5. The number of benzene rings is 3. The van der Waals surface area contributed by atoms with Crippen LogP contribution in [-0.4, -0.2) is 38.7 Å². The van der Waals surface area contributed by atoms with Gasteiger partial charge in [0.15, 0.2) is 17.5 Å². The van der Waals surface area contributed by atoms with E-state index in [0.717, 1.165) is 33.4 Å². The summed E-state index contributed by atoms with van der Waals surface area (Å²) in [6.07, 6.45) is 0.194. The summed E-state index contributed by atoms with van der Waals surface area (Å²) in [5, 5.41) is 12.9. The quantitative estimate of drug-likeness (QED) is 0.200. The van der Waals surface area contributed by atoms with Crippen molar-refractivity contribution in [2.45, 2.75) is 64.6 Å². The minimum Gasteiger partial charge on any atom is -0.453 e. The Hall–Kier alpha value is -3.73. The number of carbonyl (C=O) groups excluding carboxylic acids is 2. The van der Waals surface area contributed by atoms with Gasteiger partial charge < -0.3 is 29.2 Å². The van der Waals surface area contributed by atoms with Gasteiger partial charge in [-0.2, -0.15) is 0 Å². The highest BCUT2D eigenvalue weighted by molar-refractivity contribution is 6.40. The molecule has 11 heteroatoms. The van der Waals surface area contributed by atoms with Crippen molar-refractivity contribution in [1.82, 2.24) is 14.9 Å². The first-order valence-corrected chi connectivity index (χ1v) is 15.0. The Morgan fingerprint density at radius 3 is 2.41 bits per heavy atom. The van der Waals surface area contributed by atoms with Crippen LogP contribution in [0.1, 0.15) is 54.9 Å². The smallest absolute Gasteiger partial charge is 0.303 e. The van der Waals surface area contributed by atoms with Crippen LogP contribution >= 0.6 is 23.2 Å². The molecule has 0 unspecified atom stereocenters. The van der Waals surface area contributed by atoms with Gasteiger partial charge in [-0.25, -0.2) is 4.98 Å². The van der Waals surface area contributed by atoms with E-state index in [1.165, 1.54) is 13.8 Å². The van der Waals surface area contributed by atoms with Crippen LogP contribution < -0.4 is 5.32 Å². The summed E-state index contributed by atoms with van der Waals surface area (Å²) in [4.78, 5) is 27.5. The first-order valence-electron chi connectivity index (χ1n) is 14.2. The Morgan fingerprint density at radius 1 is 1.02 bits per heavy atom. The Balaban J connectivity index is 1.31. The summed E-state index contributed by atoms with van der Waals surface area (Å²) in [7, 11) is 0. The minimum atomic E-state index is -0.860. The molecule has 230 valence electrons. The molecule has 0 saturated carbocycles. The number of aliphatic hydroxyl groups is 1. The minimum absolute atomic E-state index is 0.0285. The number of halogens is 2. The van der Waals surface area contributed by atoms with Crippen LogP contribution in [0, 0.1) is 0 Å². The third kappa shape index (κ3) is 7.85. The number of imidazole rings is 1. The van der Waals surface area contributed by atoms with Crippen molar-refractivity contribution in [2.24, 2.45) is 0 Å². The second-order valence-electron chi connectivity index (χ2n) is 10.6. The lowest BCUT2D eigenvalue weighted by Gasteiger charge is -2.36.